The molecule has 0 heterocycles. The first-order valence-corrected chi connectivity index (χ1v) is 7.57. The Kier molecular flexibility index (Phi) is 4.68. The zero-order chi connectivity index (χ0) is 13.2. The van der Waals surface area contributed by atoms with E-state index in [1.807, 2.05) is 0 Å². The fourth-order valence-corrected chi connectivity index (χ4v) is 3.81. The Morgan fingerprint density at radius 1 is 1.17 bits per heavy atom. The van der Waals surface area contributed by atoms with Gasteiger partial charge >= 0.3 is 0 Å². The molecule has 106 valence electrons. The molecule has 0 aliphatic heterocycles. The average molecular weight is 255 g/mol. The van der Waals surface area contributed by atoms with Crippen molar-refractivity contribution in [1.82, 2.24) is 4.90 Å². The Bertz CT molecular complexity index is 261. The van der Waals surface area contributed by atoms with Crippen molar-refractivity contribution >= 4 is 0 Å². The van der Waals surface area contributed by atoms with Gasteiger partial charge in [0.15, 0.2) is 0 Å². The highest BCUT2D eigenvalue weighted by Crippen LogP contribution is 2.42. The normalized spacial score (nSPS) is 32.5. The zero-order valence-electron chi connectivity index (χ0n) is 11.9. The summed E-state index contributed by atoms with van der Waals surface area (Å²) in [5, 5.41) is 19.6. The third kappa shape index (κ3) is 3.06. The van der Waals surface area contributed by atoms with Crippen LogP contribution in [-0.2, 0) is 0 Å². The van der Waals surface area contributed by atoms with E-state index in [1.165, 1.54) is 25.7 Å². The Labute approximate surface area is 111 Å². The molecular formula is C15H29NO2. The molecule has 0 spiro atoms. The van der Waals surface area contributed by atoms with E-state index < -0.39 is 0 Å². The second-order valence-electron chi connectivity index (χ2n) is 6.89. The van der Waals surface area contributed by atoms with Crippen LogP contribution in [0.25, 0.3) is 0 Å². The Hall–Kier alpha value is -0.120. The van der Waals surface area contributed by atoms with E-state index in [0.717, 1.165) is 25.9 Å². The molecule has 0 aromatic rings. The molecule has 2 saturated carbocycles. The van der Waals surface area contributed by atoms with Crippen LogP contribution in [0, 0.1) is 11.3 Å². The van der Waals surface area contributed by atoms with Gasteiger partial charge in [0.25, 0.3) is 0 Å². The second kappa shape index (κ2) is 5.89. The van der Waals surface area contributed by atoms with Gasteiger partial charge in [-0.05, 0) is 37.0 Å². The van der Waals surface area contributed by atoms with Crippen molar-refractivity contribution in [2.45, 2.75) is 64.5 Å². The highest BCUT2D eigenvalue weighted by molar-refractivity contribution is 4.93. The van der Waals surface area contributed by atoms with Crippen molar-refractivity contribution in [1.29, 1.82) is 0 Å². The van der Waals surface area contributed by atoms with Crippen molar-refractivity contribution in [2.24, 2.45) is 11.3 Å². The molecule has 2 unspecified atom stereocenters. The Balaban J connectivity index is 1.92. The van der Waals surface area contributed by atoms with Gasteiger partial charge in [0.2, 0.25) is 0 Å². The van der Waals surface area contributed by atoms with Gasteiger partial charge in [-0.15, -0.1) is 0 Å². The summed E-state index contributed by atoms with van der Waals surface area (Å²) in [6.45, 7) is 6.32. The van der Waals surface area contributed by atoms with Gasteiger partial charge in [0.05, 0.1) is 12.7 Å². The van der Waals surface area contributed by atoms with E-state index in [1.54, 1.807) is 0 Å². The lowest BCUT2D eigenvalue weighted by Gasteiger charge is -2.33. The molecule has 3 nitrogen and oxygen atoms in total. The minimum atomic E-state index is -0.180. The molecule has 18 heavy (non-hydrogen) atoms. The lowest BCUT2D eigenvalue weighted by atomic mass is 9.87. The minimum absolute atomic E-state index is 0.0746. The summed E-state index contributed by atoms with van der Waals surface area (Å²) < 4.78 is 0. The number of rotatable bonds is 5. The number of aliphatic hydroxyl groups is 2. The van der Waals surface area contributed by atoms with Crippen LogP contribution in [0.5, 0.6) is 0 Å². The first kappa shape index (κ1) is 14.3. The minimum Gasteiger partial charge on any atom is -0.395 e. The molecule has 0 saturated heterocycles. The fraction of sp³-hybridized carbons (Fsp3) is 1.00. The standard InChI is InChI=1S/C15H29NO2/c1-15(2)8-7-12(14(15)18)11-16(9-10-17)13-5-3-4-6-13/h12-14,17-18H,3-11H2,1-2H3. The molecule has 0 radical (unpaired) electrons. The Morgan fingerprint density at radius 2 is 1.83 bits per heavy atom. The van der Waals surface area contributed by atoms with E-state index >= 15 is 0 Å². The van der Waals surface area contributed by atoms with E-state index in [4.69, 9.17) is 0 Å². The monoisotopic (exact) mass is 255 g/mol. The largest absolute Gasteiger partial charge is 0.395 e. The molecule has 2 rings (SSSR count). The van der Waals surface area contributed by atoms with Crippen LogP contribution in [-0.4, -0.2) is 47.0 Å². The van der Waals surface area contributed by atoms with E-state index in [-0.39, 0.29) is 18.1 Å². The summed E-state index contributed by atoms with van der Waals surface area (Å²) in [7, 11) is 0. The predicted molar refractivity (Wildman–Crippen MR) is 73.4 cm³/mol. The van der Waals surface area contributed by atoms with Gasteiger partial charge in [-0.3, -0.25) is 4.90 Å². The van der Waals surface area contributed by atoms with Crippen LogP contribution in [0.4, 0.5) is 0 Å². The van der Waals surface area contributed by atoms with Crippen LogP contribution in [0.15, 0.2) is 0 Å². The topological polar surface area (TPSA) is 43.7 Å². The van der Waals surface area contributed by atoms with Crippen molar-refractivity contribution in [3.8, 4) is 0 Å². The summed E-state index contributed by atoms with van der Waals surface area (Å²) in [5.74, 6) is 0.396. The van der Waals surface area contributed by atoms with Gasteiger partial charge in [-0.25, -0.2) is 0 Å². The lowest BCUT2D eigenvalue weighted by Crippen LogP contribution is -2.42. The van der Waals surface area contributed by atoms with Gasteiger partial charge in [0.1, 0.15) is 0 Å². The summed E-state index contributed by atoms with van der Waals surface area (Å²) in [4.78, 5) is 2.43. The van der Waals surface area contributed by atoms with Crippen molar-refractivity contribution in [3.05, 3.63) is 0 Å². The molecule has 2 atom stereocenters. The maximum atomic E-state index is 10.4. The molecule has 2 aliphatic rings. The predicted octanol–water partition coefficient (Wildman–Crippen LogP) is 2.02. The average Bonchev–Trinajstić information content (AvgIpc) is 2.92. The van der Waals surface area contributed by atoms with Crippen LogP contribution in [0.3, 0.4) is 0 Å². The van der Waals surface area contributed by atoms with E-state index in [9.17, 15) is 10.2 Å². The fourth-order valence-electron chi connectivity index (χ4n) is 3.81. The number of hydrogen-bond donors (Lipinski definition) is 2. The van der Waals surface area contributed by atoms with Gasteiger partial charge < -0.3 is 10.2 Å². The smallest absolute Gasteiger partial charge is 0.0631 e. The highest BCUT2D eigenvalue weighted by Gasteiger charge is 2.41. The highest BCUT2D eigenvalue weighted by atomic mass is 16.3. The molecule has 0 bridgehead atoms. The number of hydrogen-bond acceptors (Lipinski definition) is 3. The van der Waals surface area contributed by atoms with Crippen LogP contribution < -0.4 is 0 Å². The Morgan fingerprint density at radius 3 is 2.33 bits per heavy atom. The van der Waals surface area contributed by atoms with Crippen LogP contribution in [0.1, 0.15) is 52.4 Å². The van der Waals surface area contributed by atoms with Crippen molar-refractivity contribution in [3.63, 3.8) is 0 Å². The third-order valence-electron chi connectivity index (χ3n) is 5.10. The van der Waals surface area contributed by atoms with Crippen LogP contribution in [0.2, 0.25) is 0 Å². The quantitative estimate of drug-likeness (QED) is 0.790. The first-order chi connectivity index (χ1) is 8.54. The molecule has 0 aromatic heterocycles. The SMILES string of the molecule is CC1(C)CCC(CN(CCO)C2CCCC2)C1O. The van der Waals surface area contributed by atoms with Crippen molar-refractivity contribution in [2.75, 3.05) is 19.7 Å². The third-order valence-corrected chi connectivity index (χ3v) is 5.10. The number of nitrogens with zero attached hydrogens (tertiary/aromatic N) is 1. The number of aliphatic hydroxyl groups excluding tert-OH is 2. The molecule has 0 amide bonds. The molecule has 3 heteroatoms. The van der Waals surface area contributed by atoms with Gasteiger partial charge in [-0.2, -0.15) is 0 Å². The van der Waals surface area contributed by atoms with Gasteiger partial charge in [0, 0.05) is 19.1 Å². The summed E-state index contributed by atoms with van der Waals surface area (Å²) >= 11 is 0. The summed E-state index contributed by atoms with van der Waals surface area (Å²) in [6, 6.07) is 0.646. The van der Waals surface area contributed by atoms with E-state index in [0.29, 0.717) is 12.0 Å². The molecular weight excluding hydrogens is 226 g/mol. The maximum Gasteiger partial charge on any atom is 0.0631 e. The molecule has 2 fully saturated rings. The van der Waals surface area contributed by atoms with Crippen molar-refractivity contribution < 1.29 is 10.2 Å². The zero-order valence-corrected chi connectivity index (χ0v) is 11.9. The van der Waals surface area contributed by atoms with E-state index in [2.05, 4.69) is 18.7 Å². The second-order valence-corrected chi connectivity index (χ2v) is 6.89. The first-order valence-electron chi connectivity index (χ1n) is 7.57. The maximum absolute atomic E-state index is 10.4. The van der Waals surface area contributed by atoms with Crippen LogP contribution >= 0.6 is 0 Å². The molecule has 0 aromatic carbocycles. The van der Waals surface area contributed by atoms with Gasteiger partial charge in [-0.1, -0.05) is 26.7 Å². The lowest BCUT2D eigenvalue weighted by molar-refractivity contribution is 0.0234. The molecule has 2 N–H and O–H groups in total. The molecule has 2 aliphatic carbocycles. The summed E-state index contributed by atoms with van der Waals surface area (Å²) in [5.41, 5.74) is 0.0746. The summed E-state index contributed by atoms with van der Waals surface area (Å²) in [6.07, 6.45) is 7.26.